The van der Waals surface area contributed by atoms with Gasteiger partial charge in [-0.1, -0.05) is 18.2 Å². The Morgan fingerprint density at radius 1 is 1.21 bits per heavy atom. The maximum Gasteiger partial charge on any atom is 0.133 e. The van der Waals surface area contributed by atoms with Crippen LogP contribution in [0.5, 0.6) is 0 Å². The summed E-state index contributed by atoms with van der Waals surface area (Å²) in [7, 11) is 0. The minimum absolute atomic E-state index is 0.198. The molecule has 0 amide bonds. The second-order valence-electron chi connectivity index (χ2n) is 5.00. The summed E-state index contributed by atoms with van der Waals surface area (Å²) in [6.45, 7) is 6.79. The Morgan fingerprint density at radius 2 is 2.00 bits per heavy atom. The van der Waals surface area contributed by atoms with Crippen molar-refractivity contribution in [1.82, 2.24) is 5.32 Å². The van der Waals surface area contributed by atoms with Gasteiger partial charge in [0.2, 0.25) is 0 Å². The van der Waals surface area contributed by atoms with E-state index in [0.717, 1.165) is 0 Å². The molecule has 1 aromatic heterocycles. The van der Waals surface area contributed by atoms with Gasteiger partial charge in [-0.25, -0.2) is 0 Å². The lowest BCUT2D eigenvalue weighted by atomic mass is 10.0. The van der Waals surface area contributed by atoms with E-state index in [1.165, 1.54) is 16.7 Å². The van der Waals surface area contributed by atoms with E-state index in [0.29, 0.717) is 12.3 Å². The molecular weight excluding hydrogens is 238 g/mol. The number of aliphatic hydroxyl groups is 1. The first-order valence-electron chi connectivity index (χ1n) is 6.60. The third-order valence-electron chi connectivity index (χ3n) is 3.52. The summed E-state index contributed by atoms with van der Waals surface area (Å²) >= 11 is 0. The topological polar surface area (TPSA) is 45.4 Å². The summed E-state index contributed by atoms with van der Waals surface area (Å²) in [6, 6.07) is 10.2. The summed E-state index contributed by atoms with van der Waals surface area (Å²) in [4.78, 5) is 0. The number of rotatable bonds is 5. The summed E-state index contributed by atoms with van der Waals surface area (Å²) < 4.78 is 5.18. The smallest absolute Gasteiger partial charge is 0.133 e. The molecule has 0 aliphatic rings. The monoisotopic (exact) mass is 259 g/mol. The largest absolute Gasteiger partial charge is 0.467 e. The highest BCUT2D eigenvalue weighted by molar-refractivity contribution is 5.31. The Balaban J connectivity index is 1.93. The summed E-state index contributed by atoms with van der Waals surface area (Å²) in [6.07, 6.45) is 0.967. The van der Waals surface area contributed by atoms with Gasteiger partial charge in [-0.2, -0.15) is 0 Å². The molecule has 1 aromatic carbocycles. The molecule has 1 heterocycles. The molecular formula is C16H21NO2. The van der Waals surface area contributed by atoms with E-state index in [1.807, 2.05) is 0 Å². The summed E-state index contributed by atoms with van der Waals surface area (Å²) in [5.41, 5.74) is 3.82. The minimum atomic E-state index is -0.607. The molecule has 0 radical (unpaired) electrons. The number of hydrogen-bond acceptors (Lipinski definition) is 3. The van der Waals surface area contributed by atoms with E-state index < -0.39 is 6.10 Å². The van der Waals surface area contributed by atoms with Crippen molar-refractivity contribution in [3.8, 4) is 0 Å². The molecule has 0 unspecified atom stereocenters. The van der Waals surface area contributed by atoms with Crippen LogP contribution < -0.4 is 5.32 Å². The van der Waals surface area contributed by atoms with E-state index in [2.05, 4.69) is 44.3 Å². The molecule has 0 bridgehead atoms. The molecule has 0 spiro atoms. The van der Waals surface area contributed by atoms with Crippen LogP contribution >= 0.6 is 0 Å². The molecule has 2 rings (SSSR count). The Kier molecular flexibility index (Phi) is 4.40. The van der Waals surface area contributed by atoms with E-state index in [1.54, 1.807) is 18.4 Å². The maximum absolute atomic E-state index is 9.95. The van der Waals surface area contributed by atoms with Crippen molar-refractivity contribution in [2.45, 2.75) is 32.9 Å². The van der Waals surface area contributed by atoms with Crippen molar-refractivity contribution in [3.63, 3.8) is 0 Å². The van der Waals surface area contributed by atoms with Gasteiger partial charge in [0.1, 0.15) is 11.9 Å². The van der Waals surface area contributed by atoms with Gasteiger partial charge in [-0.3, -0.25) is 0 Å². The van der Waals surface area contributed by atoms with Gasteiger partial charge >= 0.3 is 0 Å². The lowest BCUT2D eigenvalue weighted by Crippen LogP contribution is -2.24. The number of benzene rings is 1. The van der Waals surface area contributed by atoms with Gasteiger partial charge in [-0.05, 0) is 49.6 Å². The average Bonchev–Trinajstić information content (AvgIpc) is 2.92. The number of aryl methyl sites for hydroxylation is 2. The van der Waals surface area contributed by atoms with Gasteiger partial charge in [0.05, 0.1) is 6.26 Å². The van der Waals surface area contributed by atoms with Crippen LogP contribution in [0.2, 0.25) is 0 Å². The van der Waals surface area contributed by atoms with Gasteiger partial charge in [0.15, 0.2) is 0 Å². The lowest BCUT2D eigenvalue weighted by molar-refractivity contribution is 0.144. The Labute approximate surface area is 114 Å². The predicted molar refractivity (Wildman–Crippen MR) is 76.0 cm³/mol. The average molecular weight is 259 g/mol. The van der Waals surface area contributed by atoms with Crippen molar-refractivity contribution in [3.05, 3.63) is 59.0 Å². The number of furan rings is 1. The lowest BCUT2D eigenvalue weighted by Gasteiger charge is -2.17. The van der Waals surface area contributed by atoms with Crippen LogP contribution in [-0.2, 0) is 0 Å². The summed E-state index contributed by atoms with van der Waals surface area (Å²) in [5.74, 6) is 0.597. The normalized spacial score (nSPS) is 14.3. The molecule has 3 nitrogen and oxygen atoms in total. The first kappa shape index (κ1) is 13.8. The van der Waals surface area contributed by atoms with Gasteiger partial charge < -0.3 is 14.8 Å². The fourth-order valence-corrected chi connectivity index (χ4v) is 2.02. The Hall–Kier alpha value is -1.58. The molecule has 102 valence electrons. The zero-order valence-corrected chi connectivity index (χ0v) is 11.7. The van der Waals surface area contributed by atoms with E-state index in [-0.39, 0.29) is 6.04 Å². The molecule has 2 atom stereocenters. The molecule has 0 aliphatic carbocycles. The van der Waals surface area contributed by atoms with Crippen LogP contribution in [0.4, 0.5) is 0 Å². The number of hydrogen-bond donors (Lipinski definition) is 2. The van der Waals surface area contributed by atoms with Crippen molar-refractivity contribution in [1.29, 1.82) is 0 Å². The van der Waals surface area contributed by atoms with Crippen LogP contribution in [-0.4, -0.2) is 11.7 Å². The van der Waals surface area contributed by atoms with E-state index in [4.69, 9.17) is 4.42 Å². The highest BCUT2D eigenvalue weighted by Gasteiger charge is 2.12. The molecule has 0 saturated carbocycles. The predicted octanol–water partition coefficient (Wildman–Crippen LogP) is 3.28. The second-order valence-corrected chi connectivity index (χ2v) is 5.00. The maximum atomic E-state index is 9.95. The number of nitrogens with one attached hydrogen (secondary N) is 1. The molecule has 2 aromatic rings. The molecule has 3 heteroatoms. The fraction of sp³-hybridized carbons (Fsp3) is 0.375. The third kappa shape index (κ3) is 3.46. The molecule has 2 N–H and O–H groups in total. The molecule has 0 aliphatic heterocycles. The third-order valence-corrected chi connectivity index (χ3v) is 3.52. The zero-order chi connectivity index (χ0) is 13.8. The van der Waals surface area contributed by atoms with Gasteiger partial charge in [0, 0.05) is 12.6 Å². The molecule has 0 saturated heterocycles. The van der Waals surface area contributed by atoms with Crippen LogP contribution in [0.15, 0.2) is 41.0 Å². The first-order chi connectivity index (χ1) is 9.08. The van der Waals surface area contributed by atoms with Crippen molar-refractivity contribution >= 4 is 0 Å². The first-order valence-corrected chi connectivity index (χ1v) is 6.60. The fourth-order valence-electron chi connectivity index (χ4n) is 2.02. The summed E-state index contributed by atoms with van der Waals surface area (Å²) in [5, 5.41) is 13.3. The van der Waals surface area contributed by atoms with Crippen molar-refractivity contribution < 1.29 is 9.52 Å². The van der Waals surface area contributed by atoms with Crippen molar-refractivity contribution in [2.24, 2.45) is 0 Å². The SMILES string of the molecule is Cc1ccc([C@H](C)NC[C@H](O)c2ccco2)cc1C. The highest BCUT2D eigenvalue weighted by atomic mass is 16.4. The second kappa shape index (κ2) is 6.04. The molecule has 0 fully saturated rings. The van der Waals surface area contributed by atoms with E-state index >= 15 is 0 Å². The van der Waals surface area contributed by atoms with Crippen LogP contribution in [0, 0.1) is 13.8 Å². The van der Waals surface area contributed by atoms with Gasteiger partial charge in [-0.15, -0.1) is 0 Å². The number of aliphatic hydroxyl groups excluding tert-OH is 1. The quantitative estimate of drug-likeness (QED) is 0.866. The van der Waals surface area contributed by atoms with E-state index in [9.17, 15) is 5.11 Å². The standard InChI is InChI=1S/C16H21NO2/c1-11-6-7-14(9-12(11)2)13(3)17-10-15(18)16-5-4-8-19-16/h4-9,13,15,17-18H,10H2,1-3H3/t13-,15-/m0/s1. The Bertz CT molecular complexity index is 520. The molecule has 19 heavy (non-hydrogen) atoms. The van der Waals surface area contributed by atoms with Crippen LogP contribution in [0.3, 0.4) is 0 Å². The van der Waals surface area contributed by atoms with Crippen LogP contribution in [0.25, 0.3) is 0 Å². The van der Waals surface area contributed by atoms with Crippen LogP contribution in [0.1, 0.15) is 41.5 Å². The van der Waals surface area contributed by atoms with Crippen molar-refractivity contribution in [2.75, 3.05) is 6.54 Å². The minimum Gasteiger partial charge on any atom is -0.467 e. The highest BCUT2D eigenvalue weighted by Crippen LogP contribution is 2.18. The Morgan fingerprint density at radius 3 is 2.63 bits per heavy atom. The van der Waals surface area contributed by atoms with Gasteiger partial charge in [0.25, 0.3) is 0 Å². The zero-order valence-electron chi connectivity index (χ0n) is 11.7.